The van der Waals surface area contributed by atoms with Gasteiger partial charge in [-0.1, -0.05) is 32.5 Å². The van der Waals surface area contributed by atoms with Gasteiger partial charge in [-0.25, -0.2) is 9.97 Å². The van der Waals surface area contributed by atoms with Crippen LogP contribution in [0.5, 0.6) is 11.5 Å². The highest BCUT2D eigenvalue weighted by atomic mass is 32.2. The van der Waals surface area contributed by atoms with Gasteiger partial charge >= 0.3 is 0 Å². The topological polar surface area (TPSA) is 107 Å². The maximum atomic E-state index is 9.85. The molecule has 8 nitrogen and oxygen atoms in total. The van der Waals surface area contributed by atoms with Crippen molar-refractivity contribution in [2.24, 2.45) is 5.41 Å². The van der Waals surface area contributed by atoms with Crippen LogP contribution in [0.4, 0.5) is 5.82 Å². The van der Waals surface area contributed by atoms with Crippen molar-refractivity contribution in [1.82, 2.24) is 19.9 Å². The number of aliphatic hydroxyl groups is 1. The molecule has 4 rings (SSSR count). The number of benzene rings is 1. The molecule has 0 fully saturated rings. The Morgan fingerprint density at radius 3 is 2.77 bits per heavy atom. The first-order chi connectivity index (χ1) is 14.4. The van der Waals surface area contributed by atoms with Gasteiger partial charge in [-0.2, -0.15) is 0 Å². The molecule has 9 heteroatoms. The molecule has 0 saturated carbocycles. The summed E-state index contributed by atoms with van der Waals surface area (Å²) in [5.74, 6) is 1.73. The van der Waals surface area contributed by atoms with E-state index in [-0.39, 0.29) is 18.8 Å². The number of nitrogens with zero attached hydrogens (tertiary/aromatic N) is 3. The maximum absolute atomic E-state index is 9.85. The number of nitrogens with two attached hydrogens (primary N) is 1. The number of aliphatic hydroxyl groups excluding tert-OH is 1. The number of hydrogen-bond donors (Lipinski definition) is 3. The van der Waals surface area contributed by atoms with Crippen molar-refractivity contribution < 1.29 is 14.6 Å². The van der Waals surface area contributed by atoms with Gasteiger partial charge in [0.1, 0.15) is 5.52 Å². The summed E-state index contributed by atoms with van der Waals surface area (Å²) in [7, 11) is 0. The molecule has 0 atom stereocenters. The first-order valence-electron chi connectivity index (χ1n) is 9.88. The van der Waals surface area contributed by atoms with E-state index < -0.39 is 0 Å². The number of ether oxygens (including phenoxy) is 2. The fourth-order valence-corrected chi connectivity index (χ4v) is 4.34. The van der Waals surface area contributed by atoms with Crippen LogP contribution in [0, 0.1) is 5.41 Å². The van der Waals surface area contributed by atoms with Gasteiger partial charge < -0.3 is 30.2 Å². The summed E-state index contributed by atoms with van der Waals surface area (Å²) in [6, 6.07) is 5.64. The highest BCUT2D eigenvalue weighted by Crippen LogP contribution is 2.41. The van der Waals surface area contributed by atoms with E-state index >= 15 is 0 Å². The number of imidazole rings is 1. The standard InChI is InChI=1S/C21H27N5O3S/c1-21(2,3)11-23-6-7-26-14-4-5-24-19(22)18(14)25-20(26)30-17-9-16-15(28-12-29-16)8-13(17)10-27/h4-5,8-9,23,27H,6-7,10-12H2,1-3H3,(H2,22,24). The Hall–Kier alpha value is -2.49. The van der Waals surface area contributed by atoms with Gasteiger partial charge in [0.2, 0.25) is 6.79 Å². The third kappa shape index (κ3) is 4.33. The minimum absolute atomic E-state index is 0.101. The molecule has 1 aliphatic heterocycles. The summed E-state index contributed by atoms with van der Waals surface area (Å²) < 4.78 is 13.1. The first kappa shape index (κ1) is 20.8. The first-order valence-corrected chi connectivity index (χ1v) is 10.7. The number of pyridine rings is 1. The molecule has 4 N–H and O–H groups in total. The van der Waals surface area contributed by atoms with Crippen LogP contribution in [0.25, 0.3) is 11.0 Å². The van der Waals surface area contributed by atoms with Gasteiger partial charge in [-0.05, 0) is 29.2 Å². The van der Waals surface area contributed by atoms with Crippen LogP contribution in [-0.2, 0) is 13.2 Å². The van der Waals surface area contributed by atoms with E-state index in [1.807, 2.05) is 18.2 Å². The van der Waals surface area contributed by atoms with Crippen molar-refractivity contribution in [3.63, 3.8) is 0 Å². The van der Waals surface area contributed by atoms with Crippen LogP contribution < -0.4 is 20.5 Å². The molecule has 30 heavy (non-hydrogen) atoms. The van der Waals surface area contributed by atoms with Crippen molar-refractivity contribution in [3.8, 4) is 11.5 Å². The van der Waals surface area contributed by atoms with E-state index in [0.29, 0.717) is 22.8 Å². The summed E-state index contributed by atoms with van der Waals surface area (Å²) in [6.07, 6.45) is 1.70. The van der Waals surface area contributed by atoms with E-state index in [0.717, 1.165) is 40.8 Å². The van der Waals surface area contributed by atoms with Crippen molar-refractivity contribution in [2.45, 2.75) is 44.0 Å². The molecule has 0 amide bonds. The zero-order valence-corrected chi connectivity index (χ0v) is 18.3. The molecule has 3 aromatic rings. The molecule has 2 aromatic heterocycles. The Balaban J connectivity index is 1.66. The monoisotopic (exact) mass is 429 g/mol. The molecule has 0 radical (unpaired) electrons. The van der Waals surface area contributed by atoms with Crippen LogP contribution in [0.3, 0.4) is 0 Å². The predicted molar refractivity (Wildman–Crippen MR) is 117 cm³/mol. The fourth-order valence-electron chi connectivity index (χ4n) is 3.28. The van der Waals surface area contributed by atoms with Crippen molar-refractivity contribution in [1.29, 1.82) is 0 Å². The summed E-state index contributed by atoms with van der Waals surface area (Å²) in [5.41, 5.74) is 8.68. The van der Waals surface area contributed by atoms with Crippen LogP contribution in [0.2, 0.25) is 0 Å². The van der Waals surface area contributed by atoms with Gasteiger partial charge in [-0.3, -0.25) is 0 Å². The lowest BCUT2D eigenvalue weighted by molar-refractivity contribution is 0.173. The third-order valence-electron chi connectivity index (χ3n) is 4.76. The van der Waals surface area contributed by atoms with Crippen LogP contribution >= 0.6 is 11.8 Å². The van der Waals surface area contributed by atoms with Crippen LogP contribution in [0.1, 0.15) is 26.3 Å². The second-order valence-electron chi connectivity index (χ2n) is 8.42. The molecular weight excluding hydrogens is 402 g/mol. The Kier molecular flexibility index (Phi) is 5.77. The second kappa shape index (κ2) is 8.33. The summed E-state index contributed by atoms with van der Waals surface area (Å²) in [6.45, 7) is 9.15. The second-order valence-corrected chi connectivity index (χ2v) is 9.43. The van der Waals surface area contributed by atoms with Gasteiger partial charge in [-0.15, -0.1) is 0 Å². The molecule has 3 heterocycles. The molecule has 0 bridgehead atoms. The number of rotatable bonds is 7. The van der Waals surface area contributed by atoms with E-state index in [9.17, 15) is 5.11 Å². The number of nitrogens with one attached hydrogen (secondary N) is 1. The van der Waals surface area contributed by atoms with E-state index in [1.54, 1.807) is 6.20 Å². The van der Waals surface area contributed by atoms with Gasteiger partial charge in [0.05, 0.1) is 12.1 Å². The number of fused-ring (bicyclic) bond motifs is 2. The lowest BCUT2D eigenvalue weighted by Gasteiger charge is -2.19. The third-order valence-corrected chi connectivity index (χ3v) is 5.85. The average Bonchev–Trinajstić information content (AvgIpc) is 3.29. The molecule has 160 valence electrons. The highest BCUT2D eigenvalue weighted by Gasteiger charge is 2.21. The molecule has 0 spiro atoms. The highest BCUT2D eigenvalue weighted by molar-refractivity contribution is 7.99. The minimum Gasteiger partial charge on any atom is -0.454 e. The van der Waals surface area contributed by atoms with Crippen molar-refractivity contribution in [2.75, 3.05) is 25.6 Å². The Morgan fingerprint density at radius 1 is 1.27 bits per heavy atom. The van der Waals surface area contributed by atoms with E-state index in [2.05, 4.69) is 35.6 Å². The largest absolute Gasteiger partial charge is 0.454 e. The fraction of sp³-hybridized carbons (Fsp3) is 0.429. The molecule has 1 aromatic carbocycles. The summed E-state index contributed by atoms with van der Waals surface area (Å²) in [5, 5.41) is 14.2. The molecule has 0 saturated heterocycles. The van der Waals surface area contributed by atoms with E-state index in [1.165, 1.54) is 11.8 Å². The zero-order valence-electron chi connectivity index (χ0n) is 17.4. The number of anilines is 1. The summed E-state index contributed by atoms with van der Waals surface area (Å²) in [4.78, 5) is 9.81. The predicted octanol–water partition coefficient (Wildman–Crippen LogP) is 3.02. The van der Waals surface area contributed by atoms with Gasteiger partial charge in [0, 0.05) is 30.7 Å². The molecule has 1 aliphatic rings. The quantitative estimate of drug-likeness (QED) is 0.492. The van der Waals surface area contributed by atoms with Gasteiger partial charge in [0.15, 0.2) is 22.5 Å². The van der Waals surface area contributed by atoms with Crippen molar-refractivity contribution in [3.05, 3.63) is 30.0 Å². The molecule has 0 aliphatic carbocycles. The number of hydrogen-bond acceptors (Lipinski definition) is 8. The maximum Gasteiger partial charge on any atom is 0.231 e. The Morgan fingerprint density at radius 2 is 2.03 bits per heavy atom. The van der Waals surface area contributed by atoms with Crippen molar-refractivity contribution >= 4 is 28.6 Å². The van der Waals surface area contributed by atoms with E-state index in [4.69, 9.17) is 20.2 Å². The molecule has 0 unspecified atom stereocenters. The average molecular weight is 430 g/mol. The lowest BCUT2D eigenvalue weighted by atomic mass is 9.97. The minimum atomic E-state index is -0.101. The normalized spacial score (nSPS) is 13.3. The Bertz CT molecular complexity index is 1060. The number of aromatic nitrogens is 3. The molecular formula is C21H27N5O3S. The Labute approximate surface area is 179 Å². The van der Waals surface area contributed by atoms with Crippen LogP contribution in [-0.4, -0.2) is 39.5 Å². The smallest absolute Gasteiger partial charge is 0.231 e. The van der Waals surface area contributed by atoms with Crippen LogP contribution in [0.15, 0.2) is 34.4 Å². The number of nitrogen functional groups attached to an aromatic ring is 1. The zero-order chi connectivity index (χ0) is 21.3. The summed E-state index contributed by atoms with van der Waals surface area (Å²) >= 11 is 1.47. The SMILES string of the molecule is CC(C)(C)CNCCn1c(Sc2cc3c(cc2CO)OCO3)nc2c(N)nccc21. The lowest BCUT2D eigenvalue weighted by Crippen LogP contribution is -2.29. The van der Waals surface area contributed by atoms with Gasteiger partial charge in [0.25, 0.3) is 0 Å².